The molecule has 5 heteroatoms. The van der Waals surface area contributed by atoms with Gasteiger partial charge in [-0.1, -0.05) is 38.5 Å². The Morgan fingerprint density at radius 2 is 2.09 bits per heavy atom. The maximum absolute atomic E-state index is 12.5. The van der Waals surface area contributed by atoms with Crippen molar-refractivity contribution in [3.63, 3.8) is 0 Å². The fourth-order valence-electron chi connectivity index (χ4n) is 3.21. The minimum atomic E-state index is -0.337. The largest absolute Gasteiger partial charge is 0.368 e. The molecule has 23 heavy (non-hydrogen) atoms. The maximum atomic E-state index is 12.5. The summed E-state index contributed by atoms with van der Waals surface area (Å²) < 4.78 is 0. The van der Waals surface area contributed by atoms with E-state index in [2.05, 4.69) is 19.2 Å². The van der Waals surface area contributed by atoms with Gasteiger partial charge in [0, 0.05) is 5.69 Å². The van der Waals surface area contributed by atoms with Crippen LogP contribution in [0.4, 0.5) is 5.69 Å². The van der Waals surface area contributed by atoms with Crippen LogP contribution in [-0.4, -0.2) is 35.8 Å². The molecule has 0 aliphatic carbocycles. The zero-order chi connectivity index (χ0) is 17.0. The van der Waals surface area contributed by atoms with Crippen molar-refractivity contribution in [2.75, 3.05) is 18.4 Å². The minimum Gasteiger partial charge on any atom is -0.368 e. The third kappa shape index (κ3) is 4.32. The molecule has 0 radical (unpaired) electrons. The molecule has 1 unspecified atom stereocenters. The molecule has 1 saturated heterocycles. The van der Waals surface area contributed by atoms with Crippen LogP contribution in [0.3, 0.4) is 0 Å². The number of nitrogens with zero attached hydrogens (tertiary/aromatic N) is 1. The molecule has 2 rings (SSSR count). The van der Waals surface area contributed by atoms with Gasteiger partial charge in [0.05, 0.1) is 12.6 Å². The highest BCUT2D eigenvalue weighted by Gasteiger charge is 2.28. The number of primary amides is 1. The molecule has 2 amide bonds. The molecular formula is C18H27N3O2. The molecule has 1 fully saturated rings. The maximum Gasteiger partial charge on any atom is 0.238 e. The Hall–Kier alpha value is -1.88. The molecule has 1 heterocycles. The van der Waals surface area contributed by atoms with Crippen molar-refractivity contribution in [2.24, 2.45) is 5.73 Å². The van der Waals surface area contributed by atoms with Crippen molar-refractivity contribution >= 4 is 17.5 Å². The number of hydrogen-bond acceptors (Lipinski definition) is 3. The standard InChI is InChI=1S/C18H27N3O2/c1-12(2)14-8-6-7-13(3)17(14)20-16(22)11-21-10-5-4-9-15(21)18(19)23/h6-8,12,15H,4-5,9-11H2,1-3H3,(H2,19,23)(H,20,22). The molecular weight excluding hydrogens is 290 g/mol. The molecule has 1 aromatic carbocycles. The molecule has 0 aromatic heterocycles. The highest BCUT2D eigenvalue weighted by atomic mass is 16.2. The third-order valence-corrected chi connectivity index (χ3v) is 4.48. The molecule has 3 N–H and O–H groups in total. The van der Waals surface area contributed by atoms with E-state index in [4.69, 9.17) is 5.73 Å². The molecule has 126 valence electrons. The molecule has 1 aliphatic rings. The van der Waals surface area contributed by atoms with Gasteiger partial charge < -0.3 is 11.1 Å². The Kier molecular flexibility index (Phi) is 5.77. The van der Waals surface area contributed by atoms with Crippen molar-refractivity contribution in [3.05, 3.63) is 29.3 Å². The highest BCUT2D eigenvalue weighted by Crippen LogP contribution is 2.27. The number of benzene rings is 1. The average Bonchev–Trinajstić information content (AvgIpc) is 2.49. The normalized spacial score (nSPS) is 18.9. The first-order valence-electron chi connectivity index (χ1n) is 8.33. The van der Waals surface area contributed by atoms with Gasteiger partial charge in [0.2, 0.25) is 11.8 Å². The predicted molar refractivity (Wildman–Crippen MR) is 92.3 cm³/mol. The summed E-state index contributed by atoms with van der Waals surface area (Å²) >= 11 is 0. The third-order valence-electron chi connectivity index (χ3n) is 4.48. The van der Waals surface area contributed by atoms with Crippen LogP contribution < -0.4 is 11.1 Å². The van der Waals surface area contributed by atoms with Gasteiger partial charge >= 0.3 is 0 Å². The Balaban J connectivity index is 2.09. The topological polar surface area (TPSA) is 75.4 Å². The Morgan fingerprint density at radius 1 is 1.35 bits per heavy atom. The lowest BCUT2D eigenvalue weighted by molar-refractivity contribution is -0.126. The van der Waals surface area contributed by atoms with E-state index in [0.29, 0.717) is 5.92 Å². The summed E-state index contributed by atoms with van der Waals surface area (Å²) in [7, 11) is 0. The van der Waals surface area contributed by atoms with Crippen LogP contribution in [-0.2, 0) is 9.59 Å². The van der Waals surface area contributed by atoms with Gasteiger partial charge in [-0.15, -0.1) is 0 Å². The molecule has 0 saturated carbocycles. The van der Waals surface area contributed by atoms with Crippen LogP contribution in [0, 0.1) is 6.92 Å². The van der Waals surface area contributed by atoms with Gasteiger partial charge in [0.15, 0.2) is 0 Å². The number of rotatable bonds is 5. The van der Waals surface area contributed by atoms with Crippen molar-refractivity contribution in [1.82, 2.24) is 4.90 Å². The van der Waals surface area contributed by atoms with Crippen LogP contribution in [0.15, 0.2) is 18.2 Å². The number of carbonyl (C=O) groups is 2. The van der Waals surface area contributed by atoms with E-state index in [1.165, 1.54) is 0 Å². The van der Waals surface area contributed by atoms with E-state index in [9.17, 15) is 9.59 Å². The smallest absolute Gasteiger partial charge is 0.238 e. The van der Waals surface area contributed by atoms with Crippen molar-refractivity contribution in [1.29, 1.82) is 0 Å². The molecule has 0 spiro atoms. The lowest BCUT2D eigenvalue weighted by Crippen LogP contribution is -2.50. The Morgan fingerprint density at radius 3 is 2.74 bits per heavy atom. The number of nitrogens with two attached hydrogens (primary N) is 1. The van der Waals surface area contributed by atoms with E-state index in [1.807, 2.05) is 30.0 Å². The van der Waals surface area contributed by atoms with E-state index < -0.39 is 0 Å². The average molecular weight is 317 g/mol. The van der Waals surface area contributed by atoms with Gasteiger partial charge in [0.25, 0.3) is 0 Å². The van der Waals surface area contributed by atoms with E-state index in [0.717, 1.165) is 42.6 Å². The number of nitrogens with one attached hydrogen (secondary N) is 1. The number of carbonyl (C=O) groups excluding carboxylic acids is 2. The number of hydrogen-bond donors (Lipinski definition) is 2. The SMILES string of the molecule is Cc1cccc(C(C)C)c1NC(=O)CN1CCCCC1C(N)=O. The van der Waals surface area contributed by atoms with Crippen LogP contribution in [0.25, 0.3) is 0 Å². The lowest BCUT2D eigenvalue weighted by atomic mass is 9.98. The highest BCUT2D eigenvalue weighted by molar-refractivity contribution is 5.94. The summed E-state index contributed by atoms with van der Waals surface area (Å²) in [5, 5.41) is 3.03. The summed E-state index contributed by atoms with van der Waals surface area (Å²) in [5.74, 6) is -0.0934. The molecule has 5 nitrogen and oxygen atoms in total. The predicted octanol–water partition coefficient (Wildman–Crippen LogP) is 2.40. The van der Waals surface area contributed by atoms with Crippen LogP contribution in [0.1, 0.15) is 50.2 Å². The summed E-state index contributed by atoms with van der Waals surface area (Å²) in [6, 6.07) is 5.72. The second kappa shape index (κ2) is 7.59. The monoisotopic (exact) mass is 317 g/mol. The van der Waals surface area contributed by atoms with Gasteiger partial charge in [-0.05, 0) is 43.4 Å². The van der Waals surface area contributed by atoms with Crippen LogP contribution >= 0.6 is 0 Å². The number of piperidine rings is 1. The van der Waals surface area contributed by atoms with Crippen molar-refractivity contribution in [3.8, 4) is 0 Å². The van der Waals surface area contributed by atoms with Crippen LogP contribution in [0.2, 0.25) is 0 Å². The fourth-order valence-corrected chi connectivity index (χ4v) is 3.21. The number of amides is 2. The first-order valence-corrected chi connectivity index (χ1v) is 8.33. The molecule has 1 atom stereocenters. The number of para-hydroxylation sites is 1. The van der Waals surface area contributed by atoms with E-state index >= 15 is 0 Å². The molecule has 0 bridgehead atoms. The lowest BCUT2D eigenvalue weighted by Gasteiger charge is -2.33. The second-order valence-electron chi connectivity index (χ2n) is 6.63. The summed E-state index contributed by atoms with van der Waals surface area (Å²) in [6.45, 7) is 7.16. The number of anilines is 1. The number of aryl methyl sites for hydroxylation is 1. The van der Waals surface area contributed by atoms with Gasteiger partial charge in [0.1, 0.15) is 0 Å². The van der Waals surface area contributed by atoms with Gasteiger partial charge in [-0.2, -0.15) is 0 Å². The van der Waals surface area contributed by atoms with E-state index in [1.54, 1.807) is 0 Å². The van der Waals surface area contributed by atoms with E-state index in [-0.39, 0.29) is 24.4 Å². The Labute approximate surface area is 138 Å². The molecule has 1 aliphatic heterocycles. The van der Waals surface area contributed by atoms with Crippen molar-refractivity contribution < 1.29 is 9.59 Å². The molecule has 1 aromatic rings. The zero-order valence-electron chi connectivity index (χ0n) is 14.3. The first-order chi connectivity index (χ1) is 10.9. The van der Waals surface area contributed by atoms with Crippen LogP contribution in [0.5, 0.6) is 0 Å². The van der Waals surface area contributed by atoms with Gasteiger partial charge in [-0.25, -0.2) is 0 Å². The summed E-state index contributed by atoms with van der Waals surface area (Å²) in [5.41, 5.74) is 8.53. The fraction of sp³-hybridized carbons (Fsp3) is 0.556. The first kappa shape index (κ1) is 17.5. The quantitative estimate of drug-likeness (QED) is 0.875. The summed E-state index contributed by atoms with van der Waals surface area (Å²) in [6.07, 6.45) is 2.73. The second-order valence-corrected chi connectivity index (χ2v) is 6.63. The minimum absolute atomic E-state index is 0.0886. The van der Waals surface area contributed by atoms with Gasteiger partial charge in [-0.3, -0.25) is 14.5 Å². The Bertz CT molecular complexity index is 584. The number of likely N-dealkylation sites (tertiary alicyclic amines) is 1. The summed E-state index contributed by atoms with van der Waals surface area (Å²) in [4.78, 5) is 25.9. The zero-order valence-corrected chi connectivity index (χ0v) is 14.3. The van der Waals surface area contributed by atoms with Crippen molar-refractivity contribution in [2.45, 2.75) is 52.0 Å².